The summed E-state index contributed by atoms with van der Waals surface area (Å²) in [5, 5.41) is 3.54. The first-order valence-corrected chi connectivity index (χ1v) is 6.98. The Kier molecular flexibility index (Phi) is 4.28. The molecule has 0 bridgehead atoms. The van der Waals surface area contributed by atoms with E-state index in [0.717, 1.165) is 25.7 Å². The van der Waals surface area contributed by atoms with Gasteiger partial charge in [0.15, 0.2) is 0 Å². The van der Waals surface area contributed by atoms with E-state index in [2.05, 4.69) is 50.4 Å². The van der Waals surface area contributed by atoms with E-state index in [1.54, 1.807) is 0 Å². The third-order valence-corrected chi connectivity index (χ3v) is 3.69. The lowest BCUT2D eigenvalue weighted by Gasteiger charge is -2.23. The molecule has 0 aliphatic carbocycles. The van der Waals surface area contributed by atoms with E-state index < -0.39 is 0 Å². The van der Waals surface area contributed by atoms with Gasteiger partial charge in [-0.05, 0) is 41.9 Å². The SMILES string of the molecule is CC(C)(C)c1ccc(NCC2CCOCC2)cc1. The maximum atomic E-state index is 5.38. The summed E-state index contributed by atoms with van der Waals surface area (Å²) in [6, 6.07) is 8.85. The van der Waals surface area contributed by atoms with E-state index in [0.29, 0.717) is 0 Å². The molecular formula is C16H25NO. The van der Waals surface area contributed by atoms with Crippen molar-refractivity contribution in [1.29, 1.82) is 0 Å². The monoisotopic (exact) mass is 247 g/mol. The maximum Gasteiger partial charge on any atom is 0.0469 e. The molecule has 0 atom stereocenters. The van der Waals surface area contributed by atoms with Crippen LogP contribution in [0.25, 0.3) is 0 Å². The van der Waals surface area contributed by atoms with Crippen LogP contribution in [0.15, 0.2) is 24.3 Å². The Morgan fingerprint density at radius 1 is 1.11 bits per heavy atom. The molecule has 2 heteroatoms. The van der Waals surface area contributed by atoms with Crippen LogP contribution in [0.2, 0.25) is 0 Å². The highest BCUT2D eigenvalue weighted by Gasteiger charge is 2.14. The molecule has 0 spiro atoms. The number of nitrogens with one attached hydrogen (secondary N) is 1. The quantitative estimate of drug-likeness (QED) is 0.876. The minimum atomic E-state index is 0.235. The van der Waals surface area contributed by atoms with Gasteiger partial charge in [-0.1, -0.05) is 32.9 Å². The first-order valence-electron chi connectivity index (χ1n) is 6.98. The molecule has 1 fully saturated rings. The zero-order valence-electron chi connectivity index (χ0n) is 11.8. The van der Waals surface area contributed by atoms with Gasteiger partial charge in [0.05, 0.1) is 0 Å². The fraction of sp³-hybridized carbons (Fsp3) is 0.625. The zero-order valence-corrected chi connectivity index (χ0v) is 11.8. The van der Waals surface area contributed by atoms with Crippen molar-refractivity contribution in [1.82, 2.24) is 0 Å². The molecule has 18 heavy (non-hydrogen) atoms. The van der Waals surface area contributed by atoms with Crippen molar-refractivity contribution in [2.75, 3.05) is 25.1 Å². The predicted octanol–water partition coefficient (Wildman–Crippen LogP) is 3.82. The molecule has 0 aromatic heterocycles. The van der Waals surface area contributed by atoms with Gasteiger partial charge >= 0.3 is 0 Å². The Labute approximate surface area is 111 Å². The lowest BCUT2D eigenvalue weighted by atomic mass is 9.87. The van der Waals surface area contributed by atoms with E-state index in [4.69, 9.17) is 4.74 Å². The van der Waals surface area contributed by atoms with Gasteiger partial charge in [0.2, 0.25) is 0 Å². The van der Waals surface area contributed by atoms with Gasteiger partial charge in [-0.3, -0.25) is 0 Å². The fourth-order valence-corrected chi connectivity index (χ4v) is 2.30. The van der Waals surface area contributed by atoms with Crippen molar-refractivity contribution in [3.63, 3.8) is 0 Å². The normalized spacial score (nSPS) is 17.7. The van der Waals surface area contributed by atoms with Crippen LogP contribution in [0.1, 0.15) is 39.2 Å². The molecule has 1 aliphatic heterocycles. The van der Waals surface area contributed by atoms with Crippen LogP contribution in [0, 0.1) is 5.92 Å². The molecule has 1 saturated heterocycles. The second-order valence-electron chi connectivity index (χ2n) is 6.26. The number of hydrogen-bond acceptors (Lipinski definition) is 2. The average Bonchev–Trinajstić information content (AvgIpc) is 2.37. The summed E-state index contributed by atoms with van der Waals surface area (Å²) in [7, 11) is 0. The highest BCUT2D eigenvalue weighted by atomic mass is 16.5. The topological polar surface area (TPSA) is 21.3 Å². The van der Waals surface area contributed by atoms with Crippen molar-refractivity contribution in [3.8, 4) is 0 Å². The Hall–Kier alpha value is -1.02. The first-order chi connectivity index (χ1) is 8.55. The summed E-state index contributed by atoms with van der Waals surface area (Å²) >= 11 is 0. The van der Waals surface area contributed by atoms with Crippen LogP contribution in [0.4, 0.5) is 5.69 Å². The van der Waals surface area contributed by atoms with Crippen molar-refractivity contribution in [2.45, 2.75) is 39.0 Å². The van der Waals surface area contributed by atoms with E-state index in [1.165, 1.54) is 24.1 Å². The molecule has 1 heterocycles. The van der Waals surface area contributed by atoms with Gasteiger partial charge in [-0.2, -0.15) is 0 Å². The van der Waals surface area contributed by atoms with Crippen molar-refractivity contribution in [2.24, 2.45) is 5.92 Å². The average molecular weight is 247 g/mol. The number of ether oxygens (including phenoxy) is 1. The van der Waals surface area contributed by atoms with Gasteiger partial charge in [0.1, 0.15) is 0 Å². The molecule has 0 radical (unpaired) electrons. The Morgan fingerprint density at radius 2 is 1.72 bits per heavy atom. The predicted molar refractivity (Wildman–Crippen MR) is 77.2 cm³/mol. The van der Waals surface area contributed by atoms with Gasteiger partial charge in [-0.15, -0.1) is 0 Å². The molecule has 1 aliphatic rings. The third-order valence-electron chi connectivity index (χ3n) is 3.69. The second-order valence-corrected chi connectivity index (χ2v) is 6.26. The summed E-state index contributed by atoms with van der Waals surface area (Å²) in [4.78, 5) is 0. The highest BCUT2D eigenvalue weighted by Crippen LogP contribution is 2.24. The van der Waals surface area contributed by atoms with Crippen molar-refractivity contribution >= 4 is 5.69 Å². The molecule has 1 aromatic rings. The van der Waals surface area contributed by atoms with Crippen molar-refractivity contribution in [3.05, 3.63) is 29.8 Å². The summed E-state index contributed by atoms with van der Waals surface area (Å²) in [5.74, 6) is 0.765. The molecule has 0 unspecified atom stereocenters. The fourth-order valence-electron chi connectivity index (χ4n) is 2.30. The molecule has 2 nitrogen and oxygen atoms in total. The standard InChI is InChI=1S/C16H25NO/c1-16(2,3)14-4-6-15(7-5-14)17-12-13-8-10-18-11-9-13/h4-7,13,17H,8-12H2,1-3H3. The number of anilines is 1. The van der Waals surface area contributed by atoms with Crippen LogP contribution in [-0.4, -0.2) is 19.8 Å². The number of rotatable bonds is 3. The smallest absolute Gasteiger partial charge is 0.0469 e. The highest BCUT2D eigenvalue weighted by molar-refractivity contribution is 5.45. The largest absolute Gasteiger partial charge is 0.385 e. The summed E-state index contributed by atoms with van der Waals surface area (Å²) < 4.78 is 5.38. The molecule has 1 N–H and O–H groups in total. The van der Waals surface area contributed by atoms with Crippen LogP contribution >= 0.6 is 0 Å². The van der Waals surface area contributed by atoms with Gasteiger partial charge in [0.25, 0.3) is 0 Å². The Bertz CT molecular complexity index is 358. The summed E-state index contributed by atoms with van der Waals surface area (Å²) in [5.41, 5.74) is 2.85. The van der Waals surface area contributed by atoms with Gasteiger partial charge in [-0.25, -0.2) is 0 Å². The minimum absolute atomic E-state index is 0.235. The zero-order chi connectivity index (χ0) is 13.0. The second kappa shape index (κ2) is 5.75. The lowest BCUT2D eigenvalue weighted by Crippen LogP contribution is -2.22. The van der Waals surface area contributed by atoms with Crippen LogP contribution in [0.3, 0.4) is 0 Å². The van der Waals surface area contributed by atoms with E-state index in [1.807, 2.05) is 0 Å². The minimum Gasteiger partial charge on any atom is -0.385 e. The molecule has 0 amide bonds. The van der Waals surface area contributed by atoms with Crippen molar-refractivity contribution < 1.29 is 4.74 Å². The molecule has 100 valence electrons. The molecule has 1 aromatic carbocycles. The summed E-state index contributed by atoms with van der Waals surface area (Å²) in [6.07, 6.45) is 2.38. The van der Waals surface area contributed by atoms with Crippen LogP contribution in [-0.2, 0) is 10.2 Å². The number of hydrogen-bond donors (Lipinski definition) is 1. The van der Waals surface area contributed by atoms with Crippen LogP contribution < -0.4 is 5.32 Å². The first kappa shape index (κ1) is 13.4. The molecule has 2 rings (SSSR count). The van der Waals surface area contributed by atoms with E-state index >= 15 is 0 Å². The Morgan fingerprint density at radius 3 is 2.28 bits per heavy atom. The van der Waals surface area contributed by atoms with Gasteiger partial charge < -0.3 is 10.1 Å². The summed E-state index contributed by atoms with van der Waals surface area (Å²) in [6.45, 7) is 9.66. The maximum absolute atomic E-state index is 5.38. The van der Waals surface area contributed by atoms with E-state index in [-0.39, 0.29) is 5.41 Å². The molecule has 0 saturated carbocycles. The molecular weight excluding hydrogens is 222 g/mol. The van der Waals surface area contributed by atoms with Crippen LogP contribution in [0.5, 0.6) is 0 Å². The Balaban J connectivity index is 1.86. The van der Waals surface area contributed by atoms with Gasteiger partial charge in [0, 0.05) is 25.4 Å². The van der Waals surface area contributed by atoms with E-state index in [9.17, 15) is 0 Å². The third kappa shape index (κ3) is 3.74. The number of benzene rings is 1. The lowest BCUT2D eigenvalue weighted by molar-refractivity contribution is 0.0699.